The van der Waals surface area contributed by atoms with E-state index in [9.17, 15) is 19.1 Å². The fourth-order valence-electron chi connectivity index (χ4n) is 4.52. The number of pyridine rings is 1. The van der Waals surface area contributed by atoms with Crippen LogP contribution >= 0.6 is 15.9 Å². The second kappa shape index (κ2) is 11.0. The molecule has 0 radical (unpaired) electrons. The van der Waals surface area contributed by atoms with Crippen molar-refractivity contribution in [2.45, 2.75) is 32.6 Å². The number of benzene rings is 3. The molecule has 184 valence electrons. The molecule has 1 unspecified atom stereocenters. The summed E-state index contributed by atoms with van der Waals surface area (Å²) >= 11 is 3.49. The number of nitrogens with zero attached hydrogens (tertiary/aromatic N) is 1. The lowest BCUT2D eigenvalue weighted by atomic mass is 9.90. The maximum Gasteiger partial charge on any atom is 0.303 e. The van der Waals surface area contributed by atoms with Gasteiger partial charge in [-0.25, -0.2) is 9.37 Å². The van der Waals surface area contributed by atoms with E-state index in [0.29, 0.717) is 22.0 Å². The molecule has 0 saturated heterocycles. The highest BCUT2D eigenvalue weighted by Crippen LogP contribution is 2.32. The summed E-state index contributed by atoms with van der Waals surface area (Å²) in [5, 5.41) is 12.9. The fourth-order valence-corrected chi connectivity index (χ4v) is 4.88. The van der Waals surface area contributed by atoms with Gasteiger partial charge in [-0.2, -0.15) is 0 Å². The van der Waals surface area contributed by atoms with Crippen LogP contribution < -0.4 is 5.32 Å². The van der Waals surface area contributed by atoms with Gasteiger partial charge in [0.1, 0.15) is 5.82 Å². The Hall–Kier alpha value is -3.58. The molecule has 1 amide bonds. The summed E-state index contributed by atoms with van der Waals surface area (Å²) in [4.78, 5) is 29.8. The molecule has 36 heavy (non-hydrogen) atoms. The number of amides is 1. The number of hydrogen-bond donors (Lipinski definition) is 2. The zero-order valence-corrected chi connectivity index (χ0v) is 21.6. The average Bonchev–Trinajstić information content (AvgIpc) is 2.85. The smallest absolute Gasteiger partial charge is 0.303 e. The number of carbonyl (C=O) groups is 2. The number of carbonyl (C=O) groups excluding carboxylic acids is 1. The van der Waals surface area contributed by atoms with Crippen LogP contribution in [0, 0.1) is 19.7 Å². The van der Waals surface area contributed by atoms with E-state index in [1.54, 1.807) is 6.07 Å². The number of fused-ring (bicyclic) bond motifs is 1. The van der Waals surface area contributed by atoms with E-state index in [1.807, 2.05) is 62.4 Å². The molecule has 0 fully saturated rings. The Bertz CT molecular complexity index is 1440. The van der Waals surface area contributed by atoms with Crippen molar-refractivity contribution in [3.8, 4) is 11.3 Å². The van der Waals surface area contributed by atoms with Crippen molar-refractivity contribution in [1.29, 1.82) is 0 Å². The summed E-state index contributed by atoms with van der Waals surface area (Å²) in [5.74, 6) is -1.97. The van der Waals surface area contributed by atoms with Crippen LogP contribution in [0.1, 0.15) is 45.8 Å². The molecule has 4 rings (SSSR count). The summed E-state index contributed by atoms with van der Waals surface area (Å²) in [6.45, 7) is 3.91. The van der Waals surface area contributed by atoms with Gasteiger partial charge in [0, 0.05) is 34.3 Å². The Balaban J connectivity index is 1.72. The molecule has 0 saturated carbocycles. The molecular weight excluding hydrogens is 523 g/mol. The van der Waals surface area contributed by atoms with Gasteiger partial charge in [-0.3, -0.25) is 9.59 Å². The molecule has 1 atom stereocenters. The van der Waals surface area contributed by atoms with E-state index in [1.165, 1.54) is 12.1 Å². The number of halogens is 2. The third kappa shape index (κ3) is 5.62. The second-order valence-corrected chi connectivity index (χ2v) is 9.74. The number of rotatable bonds is 8. The maximum atomic E-state index is 14.0. The van der Waals surface area contributed by atoms with E-state index < -0.39 is 11.8 Å². The van der Waals surface area contributed by atoms with Crippen LogP contribution in [-0.4, -0.2) is 28.5 Å². The summed E-state index contributed by atoms with van der Waals surface area (Å²) in [6, 6.07) is 19.8. The van der Waals surface area contributed by atoms with Crippen molar-refractivity contribution < 1.29 is 19.1 Å². The molecule has 0 bridgehead atoms. The number of carboxylic acids is 1. The molecule has 3 aromatic carbocycles. The van der Waals surface area contributed by atoms with Crippen LogP contribution in [0.2, 0.25) is 0 Å². The Morgan fingerprint density at radius 1 is 1.06 bits per heavy atom. The summed E-state index contributed by atoms with van der Waals surface area (Å²) in [5.41, 5.74) is 5.11. The number of aryl methyl sites for hydroxylation is 1. The quantitative estimate of drug-likeness (QED) is 0.254. The summed E-state index contributed by atoms with van der Waals surface area (Å²) in [6.07, 6.45) is 0.190. The van der Waals surface area contributed by atoms with Crippen molar-refractivity contribution in [2.75, 3.05) is 6.54 Å². The van der Waals surface area contributed by atoms with Gasteiger partial charge in [0.25, 0.3) is 5.91 Å². The minimum Gasteiger partial charge on any atom is -0.481 e. The van der Waals surface area contributed by atoms with Gasteiger partial charge in [0.15, 0.2) is 0 Å². The number of aliphatic carboxylic acids is 1. The molecule has 2 N–H and O–H groups in total. The fraction of sp³-hybridized carbons (Fsp3) is 0.207. The molecule has 1 aromatic heterocycles. The predicted molar refractivity (Wildman–Crippen MR) is 143 cm³/mol. The largest absolute Gasteiger partial charge is 0.481 e. The van der Waals surface area contributed by atoms with Gasteiger partial charge >= 0.3 is 5.97 Å². The topological polar surface area (TPSA) is 79.3 Å². The zero-order valence-electron chi connectivity index (χ0n) is 20.0. The zero-order chi connectivity index (χ0) is 25.8. The molecule has 0 spiro atoms. The molecule has 0 aliphatic rings. The van der Waals surface area contributed by atoms with Crippen molar-refractivity contribution in [3.63, 3.8) is 0 Å². The SMILES string of the molecule is Cc1ccc(F)cc1C(CCC(=O)O)CNC(=O)c1c(C)c(-c2ccccc2)nc2ccc(Br)cc12. The van der Waals surface area contributed by atoms with Gasteiger partial charge in [-0.1, -0.05) is 52.3 Å². The van der Waals surface area contributed by atoms with E-state index in [0.717, 1.165) is 26.9 Å². The van der Waals surface area contributed by atoms with E-state index in [-0.39, 0.29) is 31.2 Å². The molecule has 7 heteroatoms. The summed E-state index contributed by atoms with van der Waals surface area (Å²) < 4.78 is 14.9. The highest BCUT2D eigenvalue weighted by atomic mass is 79.9. The minimum absolute atomic E-state index is 0.0845. The van der Waals surface area contributed by atoms with Crippen LogP contribution in [0.4, 0.5) is 4.39 Å². The lowest BCUT2D eigenvalue weighted by Crippen LogP contribution is -2.30. The Labute approximate surface area is 217 Å². The first-order valence-corrected chi connectivity index (χ1v) is 12.4. The monoisotopic (exact) mass is 548 g/mol. The Morgan fingerprint density at radius 3 is 2.53 bits per heavy atom. The number of hydrogen-bond acceptors (Lipinski definition) is 3. The number of carboxylic acid groups (broad SMARTS) is 1. The highest BCUT2D eigenvalue weighted by molar-refractivity contribution is 9.10. The van der Waals surface area contributed by atoms with Crippen LogP contribution in [0.15, 0.2) is 71.2 Å². The molecule has 0 aliphatic carbocycles. The van der Waals surface area contributed by atoms with Crippen molar-refractivity contribution in [3.05, 3.63) is 99.3 Å². The maximum absolute atomic E-state index is 14.0. The van der Waals surface area contributed by atoms with Gasteiger partial charge in [0.2, 0.25) is 0 Å². The van der Waals surface area contributed by atoms with Gasteiger partial charge < -0.3 is 10.4 Å². The highest BCUT2D eigenvalue weighted by Gasteiger charge is 2.22. The number of nitrogens with one attached hydrogen (secondary N) is 1. The predicted octanol–water partition coefficient (Wildman–Crippen LogP) is 6.80. The van der Waals surface area contributed by atoms with Crippen LogP contribution in [-0.2, 0) is 4.79 Å². The van der Waals surface area contributed by atoms with Crippen molar-refractivity contribution >= 4 is 38.7 Å². The third-order valence-corrected chi connectivity index (χ3v) is 6.85. The first kappa shape index (κ1) is 25.5. The molecular formula is C29H26BrFN2O3. The normalized spacial score (nSPS) is 11.9. The number of aromatic nitrogens is 1. The molecule has 5 nitrogen and oxygen atoms in total. The van der Waals surface area contributed by atoms with E-state index in [2.05, 4.69) is 21.2 Å². The van der Waals surface area contributed by atoms with Crippen LogP contribution in [0.25, 0.3) is 22.2 Å². The second-order valence-electron chi connectivity index (χ2n) is 8.83. The molecule has 1 heterocycles. The van der Waals surface area contributed by atoms with Gasteiger partial charge in [-0.15, -0.1) is 0 Å². The molecule has 4 aromatic rings. The van der Waals surface area contributed by atoms with E-state index >= 15 is 0 Å². The minimum atomic E-state index is -0.936. The first-order valence-electron chi connectivity index (χ1n) is 11.7. The molecule has 0 aliphatic heterocycles. The third-order valence-electron chi connectivity index (χ3n) is 6.36. The Morgan fingerprint density at radius 2 is 1.81 bits per heavy atom. The van der Waals surface area contributed by atoms with E-state index in [4.69, 9.17) is 4.98 Å². The lowest BCUT2D eigenvalue weighted by Gasteiger charge is -2.21. The van der Waals surface area contributed by atoms with Crippen LogP contribution in [0.3, 0.4) is 0 Å². The standard InChI is InChI=1S/C29H26BrFN2O3/c1-17-8-11-22(31)15-23(17)20(9-13-26(34)35)16-32-29(36)27-18(2)28(19-6-4-3-5-7-19)33-25-12-10-21(30)14-24(25)27/h3-8,10-12,14-15,20H,9,13,16H2,1-2H3,(H,32,36)(H,34,35). The summed E-state index contributed by atoms with van der Waals surface area (Å²) in [7, 11) is 0. The lowest BCUT2D eigenvalue weighted by molar-refractivity contribution is -0.137. The first-order chi connectivity index (χ1) is 17.2. The average molecular weight is 549 g/mol. The Kier molecular flexibility index (Phi) is 7.79. The van der Waals surface area contributed by atoms with Gasteiger partial charge in [0.05, 0.1) is 16.8 Å². The van der Waals surface area contributed by atoms with Crippen LogP contribution in [0.5, 0.6) is 0 Å². The van der Waals surface area contributed by atoms with Crippen molar-refractivity contribution in [2.24, 2.45) is 0 Å². The van der Waals surface area contributed by atoms with Crippen molar-refractivity contribution in [1.82, 2.24) is 10.3 Å². The van der Waals surface area contributed by atoms with Gasteiger partial charge in [-0.05, 0) is 67.3 Å².